The van der Waals surface area contributed by atoms with E-state index in [0.29, 0.717) is 17.2 Å². The maximum absolute atomic E-state index is 11.7. The lowest BCUT2D eigenvalue weighted by Gasteiger charge is -2.13. The summed E-state index contributed by atoms with van der Waals surface area (Å²) in [6.45, 7) is 0. The second kappa shape index (κ2) is 5.73. The van der Waals surface area contributed by atoms with Crippen LogP contribution in [0.15, 0.2) is 28.3 Å². The lowest BCUT2D eigenvalue weighted by Crippen LogP contribution is -2.13. The average Bonchev–Trinajstić information content (AvgIpc) is 3.16. The first-order chi connectivity index (χ1) is 9.36. The van der Waals surface area contributed by atoms with Crippen LogP contribution in [0, 0.1) is 5.41 Å². The maximum Gasteiger partial charge on any atom is 0.306 e. The van der Waals surface area contributed by atoms with E-state index in [2.05, 4.69) is 4.98 Å². The SMILES string of the molecule is COC(=O)CC1(CSc2ncccc2S(C)(=O)=O)CC1. The second-order valence-electron chi connectivity index (χ2n) is 5.12. The first-order valence-electron chi connectivity index (χ1n) is 6.21. The smallest absolute Gasteiger partial charge is 0.306 e. The van der Waals surface area contributed by atoms with Gasteiger partial charge in [0.15, 0.2) is 9.84 Å². The number of hydrogen-bond donors (Lipinski definition) is 0. The topological polar surface area (TPSA) is 73.3 Å². The van der Waals surface area contributed by atoms with E-state index in [1.54, 1.807) is 18.3 Å². The fraction of sp³-hybridized carbons (Fsp3) is 0.538. The summed E-state index contributed by atoms with van der Waals surface area (Å²) >= 11 is 1.40. The van der Waals surface area contributed by atoms with Crippen molar-refractivity contribution >= 4 is 27.6 Å². The van der Waals surface area contributed by atoms with Gasteiger partial charge in [-0.15, -0.1) is 11.8 Å². The van der Waals surface area contributed by atoms with Gasteiger partial charge in [-0.25, -0.2) is 13.4 Å². The molecule has 0 aliphatic heterocycles. The Bertz CT molecular complexity index is 609. The fourth-order valence-corrected chi connectivity index (χ4v) is 4.42. The molecule has 0 saturated heterocycles. The molecule has 0 N–H and O–H groups in total. The molecule has 110 valence electrons. The second-order valence-corrected chi connectivity index (χ2v) is 8.07. The number of aromatic nitrogens is 1. The summed E-state index contributed by atoms with van der Waals surface area (Å²) in [5.74, 6) is 0.467. The van der Waals surface area contributed by atoms with E-state index in [-0.39, 0.29) is 16.3 Å². The Balaban J connectivity index is 2.07. The van der Waals surface area contributed by atoms with E-state index in [0.717, 1.165) is 12.8 Å². The molecule has 0 atom stereocenters. The Morgan fingerprint density at radius 3 is 2.75 bits per heavy atom. The van der Waals surface area contributed by atoms with Crippen LogP contribution in [-0.2, 0) is 19.4 Å². The Labute approximate surface area is 123 Å². The Morgan fingerprint density at radius 2 is 2.20 bits per heavy atom. The molecule has 0 unspecified atom stereocenters. The van der Waals surface area contributed by atoms with Crippen LogP contribution in [0.5, 0.6) is 0 Å². The van der Waals surface area contributed by atoms with Crippen molar-refractivity contribution in [3.8, 4) is 0 Å². The number of rotatable bonds is 6. The van der Waals surface area contributed by atoms with Gasteiger partial charge in [0.25, 0.3) is 0 Å². The van der Waals surface area contributed by atoms with Gasteiger partial charge in [-0.2, -0.15) is 0 Å². The molecule has 0 radical (unpaired) electrons. The quantitative estimate of drug-likeness (QED) is 0.590. The molecule has 1 aliphatic carbocycles. The minimum atomic E-state index is -3.28. The molecule has 1 heterocycles. The summed E-state index contributed by atoms with van der Waals surface area (Å²) in [6.07, 6.45) is 5.08. The molecular formula is C13H17NO4S2. The zero-order chi connectivity index (χ0) is 14.8. The number of thioether (sulfide) groups is 1. The molecule has 2 rings (SSSR count). The molecule has 1 saturated carbocycles. The molecule has 1 aliphatic rings. The van der Waals surface area contributed by atoms with Gasteiger partial charge in [0.1, 0.15) is 5.03 Å². The monoisotopic (exact) mass is 315 g/mol. The number of esters is 1. The normalized spacial score (nSPS) is 16.7. The number of hydrogen-bond acceptors (Lipinski definition) is 6. The van der Waals surface area contributed by atoms with Gasteiger partial charge in [-0.3, -0.25) is 4.79 Å². The Morgan fingerprint density at radius 1 is 1.50 bits per heavy atom. The van der Waals surface area contributed by atoms with Crippen LogP contribution < -0.4 is 0 Å². The van der Waals surface area contributed by atoms with Gasteiger partial charge in [0.05, 0.1) is 18.4 Å². The van der Waals surface area contributed by atoms with Crippen LogP contribution in [0.3, 0.4) is 0 Å². The van der Waals surface area contributed by atoms with Crippen LogP contribution in [0.25, 0.3) is 0 Å². The molecule has 7 heteroatoms. The first-order valence-corrected chi connectivity index (χ1v) is 9.09. The molecule has 5 nitrogen and oxygen atoms in total. The van der Waals surface area contributed by atoms with E-state index in [4.69, 9.17) is 4.74 Å². The van der Waals surface area contributed by atoms with Crippen molar-refractivity contribution in [3.05, 3.63) is 18.3 Å². The van der Waals surface area contributed by atoms with Gasteiger partial charge in [-0.05, 0) is 30.4 Å². The minimum Gasteiger partial charge on any atom is -0.469 e. The van der Waals surface area contributed by atoms with Crippen molar-refractivity contribution in [3.63, 3.8) is 0 Å². The number of ether oxygens (including phenoxy) is 1. The van der Waals surface area contributed by atoms with Gasteiger partial charge in [0.2, 0.25) is 0 Å². The van der Waals surface area contributed by atoms with E-state index in [1.165, 1.54) is 25.1 Å². The maximum atomic E-state index is 11.7. The standard InChI is InChI=1S/C13H17NO4S2/c1-18-11(15)8-13(5-6-13)9-19-12-10(20(2,16)17)4-3-7-14-12/h3-4,7H,5-6,8-9H2,1-2H3. The third kappa shape index (κ3) is 3.73. The van der Waals surface area contributed by atoms with Crippen molar-refractivity contribution in [2.45, 2.75) is 29.2 Å². The van der Waals surface area contributed by atoms with E-state index in [1.807, 2.05) is 0 Å². The molecular weight excluding hydrogens is 298 g/mol. The summed E-state index contributed by atoms with van der Waals surface area (Å²) in [4.78, 5) is 15.8. The lowest BCUT2D eigenvalue weighted by molar-refractivity contribution is -0.141. The largest absolute Gasteiger partial charge is 0.469 e. The van der Waals surface area contributed by atoms with Crippen LogP contribution in [0.4, 0.5) is 0 Å². The van der Waals surface area contributed by atoms with Crippen LogP contribution in [0.1, 0.15) is 19.3 Å². The Hall–Kier alpha value is -1.08. The highest BCUT2D eigenvalue weighted by Crippen LogP contribution is 2.52. The van der Waals surface area contributed by atoms with Crippen molar-refractivity contribution in [2.24, 2.45) is 5.41 Å². The lowest BCUT2D eigenvalue weighted by atomic mass is 10.1. The minimum absolute atomic E-state index is 0.0515. The third-order valence-corrected chi connectivity index (χ3v) is 5.97. The van der Waals surface area contributed by atoms with E-state index >= 15 is 0 Å². The highest BCUT2D eigenvalue weighted by atomic mass is 32.2. The predicted molar refractivity (Wildman–Crippen MR) is 76.4 cm³/mol. The van der Waals surface area contributed by atoms with Crippen molar-refractivity contribution in [1.29, 1.82) is 0 Å². The summed E-state index contributed by atoms with van der Waals surface area (Å²) in [5, 5.41) is 0.506. The van der Waals surface area contributed by atoms with E-state index in [9.17, 15) is 13.2 Å². The fourth-order valence-electron chi connectivity index (χ4n) is 1.92. The molecule has 1 fully saturated rings. The zero-order valence-corrected chi connectivity index (χ0v) is 13.1. The number of carbonyl (C=O) groups excluding carboxylic acids is 1. The summed E-state index contributed by atoms with van der Waals surface area (Å²) in [7, 11) is -1.90. The first kappa shape index (κ1) is 15.3. The molecule has 1 aromatic heterocycles. The molecule has 20 heavy (non-hydrogen) atoms. The molecule has 0 aromatic carbocycles. The van der Waals surface area contributed by atoms with Crippen LogP contribution >= 0.6 is 11.8 Å². The predicted octanol–water partition coefficient (Wildman–Crippen LogP) is 1.92. The Kier molecular flexibility index (Phi) is 4.39. The third-order valence-electron chi connectivity index (χ3n) is 3.35. The summed E-state index contributed by atoms with van der Waals surface area (Å²) in [5.41, 5.74) is -0.0515. The summed E-state index contributed by atoms with van der Waals surface area (Å²) in [6, 6.07) is 3.17. The van der Waals surface area contributed by atoms with Crippen molar-refractivity contribution < 1.29 is 17.9 Å². The molecule has 0 amide bonds. The number of nitrogens with zero attached hydrogens (tertiary/aromatic N) is 1. The van der Waals surface area contributed by atoms with Gasteiger partial charge >= 0.3 is 5.97 Å². The van der Waals surface area contributed by atoms with Crippen molar-refractivity contribution in [1.82, 2.24) is 4.98 Å². The van der Waals surface area contributed by atoms with Gasteiger partial charge < -0.3 is 4.74 Å². The number of sulfone groups is 1. The number of pyridine rings is 1. The average molecular weight is 315 g/mol. The highest BCUT2D eigenvalue weighted by Gasteiger charge is 2.44. The molecule has 0 spiro atoms. The summed E-state index contributed by atoms with van der Waals surface area (Å²) < 4.78 is 28.1. The number of carbonyl (C=O) groups is 1. The molecule has 0 bridgehead atoms. The van der Waals surface area contributed by atoms with Gasteiger partial charge in [0, 0.05) is 18.2 Å². The van der Waals surface area contributed by atoms with Crippen molar-refractivity contribution in [2.75, 3.05) is 19.1 Å². The zero-order valence-electron chi connectivity index (χ0n) is 11.5. The van der Waals surface area contributed by atoms with Gasteiger partial charge in [-0.1, -0.05) is 0 Å². The highest BCUT2D eigenvalue weighted by molar-refractivity contribution is 8.00. The van der Waals surface area contributed by atoms with E-state index < -0.39 is 9.84 Å². The molecule has 1 aromatic rings. The van der Waals surface area contributed by atoms with Crippen LogP contribution in [-0.4, -0.2) is 38.5 Å². The number of methoxy groups -OCH3 is 1. The van der Waals surface area contributed by atoms with Crippen LogP contribution in [0.2, 0.25) is 0 Å².